The molecular weight excluding hydrogens is 279 g/mol. The first kappa shape index (κ1) is 8.89. The fourth-order valence-electron chi connectivity index (χ4n) is 0.563. The zero-order valence-corrected chi connectivity index (χ0v) is 8.85. The van der Waals surface area contributed by atoms with Gasteiger partial charge in [-0.25, -0.2) is 0 Å². The standard InChI is InChI=1S/C7H8O.Hf/c1-6-4-2-3-5-7(6)8;/h2-5,8H,1H3;. The molecule has 0 radical (unpaired) electrons. The van der Waals surface area contributed by atoms with E-state index in [9.17, 15) is 0 Å². The number of phenolic OH excluding ortho intramolecular Hbond substituents is 1. The molecule has 0 heterocycles. The fourth-order valence-corrected chi connectivity index (χ4v) is 0.563. The van der Waals surface area contributed by atoms with Gasteiger partial charge in [0, 0.05) is 25.8 Å². The summed E-state index contributed by atoms with van der Waals surface area (Å²) >= 11 is 0. The summed E-state index contributed by atoms with van der Waals surface area (Å²) < 4.78 is 0. The Hall–Kier alpha value is -0.110. The molecule has 1 aromatic rings. The van der Waals surface area contributed by atoms with E-state index in [1.54, 1.807) is 6.07 Å². The quantitative estimate of drug-likeness (QED) is 0.720. The molecule has 1 aromatic carbocycles. The Balaban J connectivity index is 0.000000640. The molecule has 2 heteroatoms. The molecule has 0 bridgehead atoms. The Bertz CT molecular complexity index is 165. The zero-order chi connectivity index (χ0) is 5.98. The predicted octanol–water partition coefficient (Wildman–Crippen LogP) is 1.70. The van der Waals surface area contributed by atoms with E-state index in [1.807, 2.05) is 25.1 Å². The summed E-state index contributed by atoms with van der Waals surface area (Å²) in [5.74, 6) is 0.368. The van der Waals surface area contributed by atoms with Crippen molar-refractivity contribution in [2.45, 2.75) is 6.92 Å². The van der Waals surface area contributed by atoms with Crippen molar-refractivity contribution in [2.75, 3.05) is 0 Å². The van der Waals surface area contributed by atoms with Crippen LogP contribution in [-0.4, -0.2) is 5.11 Å². The molecule has 0 unspecified atom stereocenters. The van der Waals surface area contributed by atoms with Gasteiger partial charge >= 0.3 is 0 Å². The molecule has 0 amide bonds. The average Bonchev–Trinajstić information content (AvgIpc) is 1.77. The number of hydrogen-bond acceptors (Lipinski definition) is 1. The van der Waals surface area contributed by atoms with Crippen molar-refractivity contribution in [1.29, 1.82) is 0 Å². The molecule has 1 nitrogen and oxygen atoms in total. The molecule has 0 aliphatic rings. The molecule has 0 spiro atoms. The minimum atomic E-state index is 0. The van der Waals surface area contributed by atoms with E-state index in [4.69, 9.17) is 5.11 Å². The smallest absolute Gasteiger partial charge is 0.118 e. The second-order valence-electron chi connectivity index (χ2n) is 1.79. The van der Waals surface area contributed by atoms with Crippen LogP contribution in [0.1, 0.15) is 5.56 Å². The number of benzene rings is 1. The van der Waals surface area contributed by atoms with Crippen LogP contribution in [0.15, 0.2) is 24.3 Å². The van der Waals surface area contributed by atoms with Gasteiger partial charge in [0.05, 0.1) is 0 Å². The molecule has 0 aliphatic carbocycles. The summed E-state index contributed by atoms with van der Waals surface area (Å²) in [7, 11) is 0. The van der Waals surface area contributed by atoms with Gasteiger partial charge in [0.1, 0.15) is 5.75 Å². The summed E-state index contributed by atoms with van der Waals surface area (Å²) in [5.41, 5.74) is 0.924. The summed E-state index contributed by atoms with van der Waals surface area (Å²) in [4.78, 5) is 0. The van der Waals surface area contributed by atoms with Gasteiger partial charge in [-0.15, -0.1) is 0 Å². The first-order valence-corrected chi connectivity index (χ1v) is 2.55. The van der Waals surface area contributed by atoms with Crippen molar-refractivity contribution in [3.05, 3.63) is 29.8 Å². The monoisotopic (exact) mass is 288 g/mol. The second kappa shape index (κ2) is 3.83. The van der Waals surface area contributed by atoms with Crippen LogP contribution in [0.5, 0.6) is 5.75 Å². The molecule has 9 heavy (non-hydrogen) atoms. The van der Waals surface area contributed by atoms with Crippen LogP contribution in [0.4, 0.5) is 0 Å². The van der Waals surface area contributed by atoms with E-state index >= 15 is 0 Å². The molecule has 0 saturated heterocycles. The van der Waals surface area contributed by atoms with Gasteiger partial charge in [-0.3, -0.25) is 0 Å². The average molecular weight is 287 g/mol. The van der Waals surface area contributed by atoms with Crippen molar-refractivity contribution in [2.24, 2.45) is 0 Å². The number of hydrogen-bond donors (Lipinski definition) is 1. The van der Waals surface area contributed by atoms with Crippen LogP contribution in [0.2, 0.25) is 0 Å². The Morgan fingerprint density at radius 1 is 1.22 bits per heavy atom. The summed E-state index contributed by atoms with van der Waals surface area (Å²) in [6, 6.07) is 7.25. The van der Waals surface area contributed by atoms with Gasteiger partial charge in [-0.05, 0) is 18.6 Å². The molecule has 0 atom stereocenters. The van der Waals surface area contributed by atoms with Gasteiger partial charge in [0.2, 0.25) is 0 Å². The molecule has 0 fully saturated rings. The van der Waals surface area contributed by atoms with Gasteiger partial charge in [0.25, 0.3) is 0 Å². The van der Waals surface area contributed by atoms with Crippen molar-refractivity contribution in [1.82, 2.24) is 0 Å². The van der Waals surface area contributed by atoms with Crippen LogP contribution >= 0.6 is 0 Å². The molecular formula is C7H8HfO. The van der Waals surface area contributed by atoms with Gasteiger partial charge in [0.15, 0.2) is 0 Å². The number of para-hydroxylation sites is 1. The fraction of sp³-hybridized carbons (Fsp3) is 0.143. The predicted molar refractivity (Wildman–Crippen MR) is 32.8 cm³/mol. The maximum absolute atomic E-state index is 8.92. The first-order valence-electron chi connectivity index (χ1n) is 2.55. The second-order valence-corrected chi connectivity index (χ2v) is 1.79. The van der Waals surface area contributed by atoms with E-state index in [-0.39, 0.29) is 25.8 Å². The molecule has 0 aliphatic heterocycles. The largest absolute Gasteiger partial charge is 0.508 e. The number of aryl methyl sites for hydroxylation is 1. The molecule has 0 saturated carbocycles. The van der Waals surface area contributed by atoms with Gasteiger partial charge < -0.3 is 5.11 Å². The number of phenols is 1. The minimum absolute atomic E-state index is 0. The van der Waals surface area contributed by atoms with Crippen LogP contribution in [-0.2, 0) is 25.8 Å². The third-order valence-electron chi connectivity index (χ3n) is 1.12. The minimum Gasteiger partial charge on any atom is -0.508 e. The Morgan fingerprint density at radius 2 is 1.78 bits per heavy atom. The van der Waals surface area contributed by atoms with Gasteiger partial charge in [-0.1, -0.05) is 18.2 Å². The summed E-state index contributed by atoms with van der Waals surface area (Å²) in [6.07, 6.45) is 0. The SMILES string of the molecule is Cc1ccccc1O.[Hf]. The van der Waals surface area contributed by atoms with Gasteiger partial charge in [-0.2, -0.15) is 0 Å². The third-order valence-corrected chi connectivity index (χ3v) is 1.12. The molecule has 1 N–H and O–H groups in total. The number of aromatic hydroxyl groups is 1. The maximum atomic E-state index is 8.92. The maximum Gasteiger partial charge on any atom is 0.118 e. The number of rotatable bonds is 0. The van der Waals surface area contributed by atoms with E-state index in [0.29, 0.717) is 5.75 Å². The Morgan fingerprint density at radius 3 is 2.11 bits per heavy atom. The molecule has 46 valence electrons. The van der Waals surface area contributed by atoms with Crippen molar-refractivity contribution >= 4 is 0 Å². The Kier molecular flexibility index (Phi) is 3.78. The van der Waals surface area contributed by atoms with Crippen LogP contribution < -0.4 is 0 Å². The normalized spacial score (nSPS) is 8.11. The summed E-state index contributed by atoms with van der Waals surface area (Å²) in [6.45, 7) is 1.87. The Labute approximate surface area is 73.5 Å². The van der Waals surface area contributed by atoms with E-state index in [0.717, 1.165) is 5.56 Å². The van der Waals surface area contributed by atoms with E-state index in [2.05, 4.69) is 0 Å². The van der Waals surface area contributed by atoms with Crippen molar-refractivity contribution in [3.63, 3.8) is 0 Å². The van der Waals surface area contributed by atoms with Crippen molar-refractivity contribution < 1.29 is 30.9 Å². The van der Waals surface area contributed by atoms with Crippen LogP contribution in [0.3, 0.4) is 0 Å². The summed E-state index contributed by atoms with van der Waals surface area (Å²) in [5, 5.41) is 8.92. The zero-order valence-electron chi connectivity index (χ0n) is 5.26. The topological polar surface area (TPSA) is 20.2 Å². The van der Waals surface area contributed by atoms with E-state index < -0.39 is 0 Å². The van der Waals surface area contributed by atoms with Crippen LogP contribution in [0, 0.1) is 6.92 Å². The van der Waals surface area contributed by atoms with Crippen molar-refractivity contribution in [3.8, 4) is 5.75 Å². The van der Waals surface area contributed by atoms with E-state index in [1.165, 1.54) is 0 Å². The molecule has 1 rings (SSSR count). The first-order chi connectivity index (χ1) is 3.80. The molecule has 0 aromatic heterocycles. The third kappa shape index (κ3) is 2.31. The van der Waals surface area contributed by atoms with Crippen LogP contribution in [0.25, 0.3) is 0 Å².